The largest absolute Gasteiger partial charge is 0.487 e. The molecule has 2 N–H and O–H groups in total. The van der Waals surface area contributed by atoms with E-state index in [-0.39, 0.29) is 11.3 Å². The number of aliphatic hydroxyl groups is 1. The lowest BCUT2D eigenvalue weighted by Crippen LogP contribution is -2.51. The predicted octanol–water partition coefficient (Wildman–Crippen LogP) is 5.60. The molecule has 2 aromatic rings. The van der Waals surface area contributed by atoms with Crippen molar-refractivity contribution < 1.29 is 23.1 Å². The van der Waals surface area contributed by atoms with E-state index in [4.69, 9.17) is 4.74 Å². The van der Waals surface area contributed by atoms with E-state index in [0.29, 0.717) is 43.6 Å². The predicted molar refractivity (Wildman–Crippen MR) is 158 cm³/mol. The number of ether oxygens (including phenoxy) is 1. The van der Waals surface area contributed by atoms with Gasteiger partial charge in [0.1, 0.15) is 12.4 Å². The summed E-state index contributed by atoms with van der Waals surface area (Å²) >= 11 is 0. The van der Waals surface area contributed by atoms with E-state index in [1.807, 2.05) is 13.0 Å². The van der Waals surface area contributed by atoms with Gasteiger partial charge in [-0.3, -0.25) is 4.79 Å². The molecule has 7 nitrogen and oxygen atoms in total. The summed E-state index contributed by atoms with van der Waals surface area (Å²) in [5, 5.41) is 10.6. The van der Waals surface area contributed by atoms with Gasteiger partial charge >= 0.3 is 0 Å². The summed E-state index contributed by atoms with van der Waals surface area (Å²) in [4.78, 5) is 15.6. The minimum Gasteiger partial charge on any atom is -0.487 e. The summed E-state index contributed by atoms with van der Waals surface area (Å²) in [5.74, 6) is 0.282. The highest BCUT2D eigenvalue weighted by molar-refractivity contribution is 7.90. The Morgan fingerprint density at radius 2 is 1.82 bits per heavy atom. The molecule has 0 radical (unpaired) electrons. The van der Waals surface area contributed by atoms with Crippen molar-refractivity contribution in [3.63, 3.8) is 0 Å². The number of hydrogen-bond acceptors (Lipinski definition) is 6. The van der Waals surface area contributed by atoms with E-state index in [0.717, 1.165) is 62.9 Å². The Hall–Kier alpha value is -2.58. The zero-order valence-corrected chi connectivity index (χ0v) is 24.7. The summed E-state index contributed by atoms with van der Waals surface area (Å²) in [6, 6.07) is 13.6. The molecule has 2 aromatic carbocycles. The van der Waals surface area contributed by atoms with Gasteiger partial charge in [0.05, 0.1) is 17.0 Å². The molecule has 218 valence electrons. The van der Waals surface area contributed by atoms with Gasteiger partial charge in [-0.2, -0.15) is 0 Å². The molecule has 5 rings (SSSR count). The van der Waals surface area contributed by atoms with Crippen molar-refractivity contribution >= 4 is 21.6 Å². The standard InChI is InChI=1S/C32H44N2O5S/c1-3-26-13-6-7-14-29(35)27-17-18-32(27,2)22-34-19-9-8-11-23-10-4-5-12-25(23)21-39-30-16-15-24(20-28(30)34)31(36)33-40(26,37)38/h4-5,10,12,15-16,20,26-27,29,35H,3,6-9,11,13-14,17-19,21-22H2,1-2H3,(H,33,36)/t26-,27+,29+,32?/m1/s1. The third-order valence-corrected chi connectivity index (χ3v) is 11.4. The quantitative estimate of drug-likeness (QED) is 0.465. The van der Waals surface area contributed by atoms with E-state index in [1.54, 1.807) is 18.2 Å². The van der Waals surface area contributed by atoms with Crippen LogP contribution in [0.25, 0.3) is 0 Å². The van der Waals surface area contributed by atoms with Gasteiger partial charge < -0.3 is 14.7 Å². The lowest BCUT2D eigenvalue weighted by Gasteiger charge is -2.52. The third kappa shape index (κ3) is 6.18. The number of sulfonamides is 1. The summed E-state index contributed by atoms with van der Waals surface area (Å²) in [6.45, 7) is 6.09. The molecular weight excluding hydrogens is 524 g/mol. The average Bonchev–Trinajstić information content (AvgIpc) is 2.95. The van der Waals surface area contributed by atoms with Crippen molar-refractivity contribution in [1.82, 2.24) is 4.72 Å². The van der Waals surface area contributed by atoms with Crippen LogP contribution in [0.5, 0.6) is 5.75 Å². The smallest absolute Gasteiger partial charge is 0.264 e. The lowest BCUT2D eigenvalue weighted by atomic mass is 9.58. The van der Waals surface area contributed by atoms with Gasteiger partial charge in [-0.15, -0.1) is 0 Å². The molecule has 1 saturated carbocycles. The first-order chi connectivity index (χ1) is 19.2. The van der Waals surface area contributed by atoms with Crippen LogP contribution < -0.4 is 14.4 Å². The summed E-state index contributed by atoms with van der Waals surface area (Å²) in [7, 11) is -3.83. The average molecular weight is 569 g/mol. The zero-order chi connectivity index (χ0) is 28.3. The molecule has 1 aliphatic carbocycles. The fourth-order valence-corrected chi connectivity index (χ4v) is 8.36. The maximum absolute atomic E-state index is 13.3. The number of aryl methyl sites for hydroxylation is 1. The molecule has 2 aliphatic heterocycles. The van der Waals surface area contributed by atoms with Gasteiger partial charge in [0.2, 0.25) is 10.0 Å². The van der Waals surface area contributed by atoms with E-state index in [1.165, 1.54) is 5.56 Å². The minimum absolute atomic E-state index is 0.0511. The number of anilines is 1. The Labute approximate surface area is 239 Å². The Bertz CT molecular complexity index is 1310. The second-order valence-electron chi connectivity index (χ2n) is 12.3. The number of carbonyl (C=O) groups is 1. The fourth-order valence-electron chi connectivity index (χ4n) is 6.90. The first-order valence-electron chi connectivity index (χ1n) is 15.0. The number of aliphatic hydroxyl groups excluding tert-OH is 1. The molecule has 2 heterocycles. The normalized spacial score (nSPS) is 29.4. The molecule has 0 saturated heterocycles. The number of nitrogens with zero attached hydrogens (tertiary/aromatic N) is 1. The Kier molecular flexibility index (Phi) is 8.76. The van der Waals surface area contributed by atoms with Crippen molar-refractivity contribution in [2.24, 2.45) is 11.3 Å². The topological polar surface area (TPSA) is 95.9 Å². The number of fused-ring (bicyclic) bond motifs is 3. The first kappa shape index (κ1) is 28.9. The van der Waals surface area contributed by atoms with Crippen LogP contribution in [0, 0.1) is 11.3 Å². The number of nitrogens with one attached hydrogen (secondary N) is 1. The maximum atomic E-state index is 13.3. The fraction of sp³-hybridized carbons (Fsp3) is 0.594. The van der Waals surface area contributed by atoms with Crippen LogP contribution in [-0.2, 0) is 23.1 Å². The number of carbonyl (C=O) groups excluding carboxylic acids is 1. The minimum atomic E-state index is -3.83. The molecule has 0 aromatic heterocycles. The highest BCUT2D eigenvalue weighted by Gasteiger charge is 2.47. The van der Waals surface area contributed by atoms with Gasteiger partial charge in [-0.1, -0.05) is 51.0 Å². The summed E-state index contributed by atoms with van der Waals surface area (Å²) in [5.41, 5.74) is 3.52. The number of hydrogen-bond donors (Lipinski definition) is 2. The molecule has 3 aliphatic rings. The van der Waals surface area contributed by atoms with Gasteiger partial charge in [-0.25, -0.2) is 13.1 Å². The van der Waals surface area contributed by atoms with Gasteiger partial charge in [0.25, 0.3) is 5.91 Å². The molecule has 1 unspecified atom stereocenters. The van der Waals surface area contributed by atoms with Gasteiger partial charge in [0, 0.05) is 18.7 Å². The molecule has 8 heteroatoms. The number of rotatable bonds is 1. The van der Waals surface area contributed by atoms with Crippen LogP contribution in [0.1, 0.15) is 93.1 Å². The van der Waals surface area contributed by atoms with Crippen LogP contribution in [0.4, 0.5) is 5.69 Å². The zero-order valence-electron chi connectivity index (χ0n) is 23.9. The molecule has 2 bridgehead atoms. The van der Waals surface area contributed by atoms with E-state index < -0.39 is 27.3 Å². The molecule has 40 heavy (non-hydrogen) atoms. The van der Waals surface area contributed by atoms with Gasteiger partial charge in [0.15, 0.2) is 0 Å². The highest BCUT2D eigenvalue weighted by atomic mass is 32.2. The van der Waals surface area contributed by atoms with Crippen LogP contribution in [0.3, 0.4) is 0 Å². The van der Waals surface area contributed by atoms with Crippen LogP contribution >= 0.6 is 0 Å². The van der Waals surface area contributed by atoms with Crippen molar-refractivity contribution in [1.29, 1.82) is 0 Å². The molecule has 0 spiro atoms. The Balaban J connectivity index is 1.55. The summed E-state index contributed by atoms with van der Waals surface area (Å²) < 4.78 is 35.1. The van der Waals surface area contributed by atoms with Crippen molar-refractivity contribution in [2.75, 3.05) is 18.0 Å². The Morgan fingerprint density at radius 1 is 1.05 bits per heavy atom. The Morgan fingerprint density at radius 3 is 2.58 bits per heavy atom. The SMILES string of the molecule is CC[C@@H]1CCCC[C@H](O)[C@@H]2CCC2(C)CN2CCCCc3ccccc3COc3ccc(cc32)C(=O)NS1(=O)=O. The maximum Gasteiger partial charge on any atom is 0.264 e. The van der Waals surface area contributed by atoms with E-state index in [9.17, 15) is 18.3 Å². The third-order valence-electron chi connectivity index (χ3n) is 9.53. The summed E-state index contributed by atoms with van der Waals surface area (Å²) in [6.07, 6.45) is 7.68. The van der Waals surface area contributed by atoms with Crippen molar-refractivity contribution in [3.05, 3.63) is 59.2 Å². The second-order valence-corrected chi connectivity index (χ2v) is 14.2. The molecular formula is C32H44N2O5S. The number of benzene rings is 2. The second kappa shape index (κ2) is 12.1. The van der Waals surface area contributed by atoms with E-state index in [2.05, 4.69) is 34.7 Å². The molecule has 1 amide bonds. The molecule has 1 fully saturated rings. The first-order valence-corrected chi connectivity index (χ1v) is 16.6. The van der Waals surface area contributed by atoms with Crippen LogP contribution in [-0.4, -0.2) is 43.9 Å². The number of amides is 1. The van der Waals surface area contributed by atoms with Crippen molar-refractivity contribution in [2.45, 2.75) is 96.0 Å². The van der Waals surface area contributed by atoms with Crippen LogP contribution in [0.15, 0.2) is 42.5 Å². The monoisotopic (exact) mass is 568 g/mol. The highest BCUT2D eigenvalue weighted by Crippen LogP contribution is 2.50. The lowest BCUT2D eigenvalue weighted by molar-refractivity contribution is -0.0501. The van der Waals surface area contributed by atoms with Gasteiger partial charge in [-0.05, 0) is 92.0 Å². The van der Waals surface area contributed by atoms with Crippen LogP contribution in [0.2, 0.25) is 0 Å². The van der Waals surface area contributed by atoms with Crippen molar-refractivity contribution in [3.8, 4) is 5.75 Å². The van der Waals surface area contributed by atoms with E-state index >= 15 is 0 Å². The molecule has 4 atom stereocenters.